The molecule has 1 fully saturated rings. The van der Waals surface area contributed by atoms with Gasteiger partial charge in [-0.15, -0.1) is 0 Å². The van der Waals surface area contributed by atoms with E-state index in [0.717, 1.165) is 0 Å². The van der Waals surface area contributed by atoms with Gasteiger partial charge >= 0.3 is 18.0 Å². The highest BCUT2D eigenvalue weighted by Crippen LogP contribution is 2.32. The summed E-state index contributed by atoms with van der Waals surface area (Å²) in [5, 5.41) is 0. The van der Waals surface area contributed by atoms with E-state index in [1.807, 2.05) is 0 Å². The summed E-state index contributed by atoms with van der Waals surface area (Å²) in [4.78, 5) is 38.3. The number of amides is 1. The van der Waals surface area contributed by atoms with Crippen molar-refractivity contribution in [1.82, 2.24) is 4.90 Å². The van der Waals surface area contributed by atoms with Gasteiger partial charge in [0.2, 0.25) is 3.79 Å². The number of ether oxygens (including phenoxy) is 3. The number of nitrogens with zero attached hydrogens (tertiary/aromatic N) is 1. The van der Waals surface area contributed by atoms with Crippen LogP contribution in [-0.2, 0) is 23.8 Å². The van der Waals surface area contributed by atoms with Crippen molar-refractivity contribution in [2.75, 3.05) is 19.7 Å². The number of halogens is 3. The predicted octanol–water partition coefficient (Wildman–Crippen LogP) is 4.50. The van der Waals surface area contributed by atoms with E-state index in [4.69, 9.17) is 49.0 Å². The molecule has 29 heavy (non-hydrogen) atoms. The molecule has 0 aromatic rings. The third kappa shape index (κ3) is 11.2. The summed E-state index contributed by atoms with van der Waals surface area (Å²) in [7, 11) is 0. The second kappa shape index (κ2) is 9.92. The Hall–Kier alpha value is -0.920. The van der Waals surface area contributed by atoms with Crippen LogP contribution < -0.4 is 0 Å². The third-order valence-electron chi connectivity index (χ3n) is 3.89. The fraction of sp³-hybridized carbons (Fsp3) is 0.842. The van der Waals surface area contributed by atoms with Gasteiger partial charge in [-0.3, -0.25) is 9.59 Å². The molecule has 0 aliphatic carbocycles. The van der Waals surface area contributed by atoms with Crippen molar-refractivity contribution in [1.29, 1.82) is 0 Å². The van der Waals surface area contributed by atoms with Crippen molar-refractivity contribution >= 4 is 52.8 Å². The summed E-state index contributed by atoms with van der Waals surface area (Å²) in [6.45, 7) is 10.7. The zero-order valence-corrected chi connectivity index (χ0v) is 20.0. The largest absolute Gasteiger partial charge is 0.460 e. The molecule has 10 heteroatoms. The highest BCUT2D eigenvalue weighted by molar-refractivity contribution is 6.67. The molecule has 0 bridgehead atoms. The quantitative estimate of drug-likeness (QED) is 0.331. The number of hydrogen-bond donors (Lipinski definition) is 0. The normalized spacial score (nSPS) is 20.4. The minimum absolute atomic E-state index is 0.0684. The first-order valence-electron chi connectivity index (χ1n) is 9.37. The minimum atomic E-state index is -1.72. The average molecular weight is 475 g/mol. The standard InChI is InChI=1S/C19H30Cl3NO6/c1-17(2,3)28-14(24)7-12-9-23(16(26)27-11-19(20,21)22)10-13(12)8-15(25)29-18(4,5)6/h12-13H,7-11H2,1-6H3/t12-,13+. The molecule has 0 N–H and O–H groups in total. The molecule has 1 aliphatic rings. The number of alkyl halides is 3. The Morgan fingerprint density at radius 2 is 1.21 bits per heavy atom. The summed E-state index contributed by atoms with van der Waals surface area (Å²) in [5.74, 6) is -1.35. The molecule has 0 aromatic carbocycles. The minimum Gasteiger partial charge on any atom is -0.460 e. The number of carbonyl (C=O) groups excluding carboxylic acids is 3. The van der Waals surface area contributed by atoms with Gasteiger partial charge in [0.1, 0.15) is 17.8 Å². The van der Waals surface area contributed by atoms with E-state index >= 15 is 0 Å². The van der Waals surface area contributed by atoms with Gasteiger partial charge in [0.15, 0.2) is 0 Å². The Morgan fingerprint density at radius 1 is 0.828 bits per heavy atom. The Bertz CT molecular complexity index is 569. The maximum atomic E-state index is 12.3. The van der Waals surface area contributed by atoms with Crippen LogP contribution in [0.4, 0.5) is 4.79 Å². The van der Waals surface area contributed by atoms with Crippen molar-refractivity contribution in [3.63, 3.8) is 0 Å². The van der Waals surface area contributed by atoms with Crippen molar-refractivity contribution < 1.29 is 28.6 Å². The van der Waals surface area contributed by atoms with Crippen molar-refractivity contribution in [2.45, 2.75) is 69.4 Å². The lowest BCUT2D eigenvalue weighted by Crippen LogP contribution is -2.32. The molecule has 1 rings (SSSR count). The molecule has 0 radical (unpaired) electrons. The lowest BCUT2D eigenvalue weighted by Gasteiger charge is -2.24. The van der Waals surface area contributed by atoms with E-state index in [2.05, 4.69) is 0 Å². The highest BCUT2D eigenvalue weighted by atomic mass is 35.6. The van der Waals surface area contributed by atoms with E-state index in [1.165, 1.54) is 4.90 Å². The monoisotopic (exact) mass is 473 g/mol. The maximum absolute atomic E-state index is 12.3. The molecule has 1 saturated heterocycles. The fourth-order valence-corrected chi connectivity index (χ4v) is 3.14. The highest BCUT2D eigenvalue weighted by Gasteiger charge is 2.40. The zero-order valence-electron chi connectivity index (χ0n) is 17.7. The number of esters is 2. The molecule has 1 aliphatic heterocycles. The molecule has 1 heterocycles. The van der Waals surface area contributed by atoms with Crippen LogP contribution in [0.3, 0.4) is 0 Å². The molecule has 0 spiro atoms. The maximum Gasteiger partial charge on any atom is 0.409 e. The molecular weight excluding hydrogens is 445 g/mol. The van der Waals surface area contributed by atoms with Gasteiger partial charge in [-0.05, 0) is 53.4 Å². The summed E-state index contributed by atoms with van der Waals surface area (Å²) in [6.07, 6.45) is -0.532. The van der Waals surface area contributed by atoms with Crippen LogP contribution in [0.15, 0.2) is 0 Å². The van der Waals surface area contributed by atoms with E-state index in [9.17, 15) is 14.4 Å². The first-order valence-corrected chi connectivity index (χ1v) is 10.5. The van der Waals surface area contributed by atoms with Crippen LogP contribution in [0.25, 0.3) is 0 Å². The molecule has 0 aromatic heterocycles. The first kappa shape index (κ1) is 26.1. The number of carbonyl (C=O) groups is 3. The van der Waals surface area contributed by atoms with Gasteiger partial charge < -0.3 is 19.1 Å². The predicted molar refractivity (Wildman–Crippen MR) is 111 cm³/mol. The third-order valence-corrected chi connectivity index (χ3v) is 4.22. The van der Waals surface area contributed by atoms with Gasteiger partial charge in [0.05, 0.1) is 12.8 Å². The zero-order chi connectivity index (χ0) is 22.6. The smallest absolute Gasteiger partial charge is 0.409 e. The van der Waals surface area contributed by atoms with E-state index in [-0.39, 0.29) is 37.8 Å². The van der Waals surface area contributed by atoms with Crippen LogP contribution in [-0.4, -0.2) is 57.6 Å². The average Bonchev–Trinajstić information content (AvgIpc) is 2.82. The van der Waals surface area contributed by atoms with Gasteiger partial charge in [0, 0.05) is 13.1 Å². The van der Waals surface area contributed by atoms with Crippen molar-refractivity contribution in [2.24, 2.45) is 11.8 Å². The van der Waals surface area contributed by atoms with Crippen LogP contribution in [0.1, 0.15) is 54.4 Å². The number of hydrogen-bond acceptors (Lipinski definition) is 6. The fourth-order valence-electron chi connectivity index (χ4n) is 2.98. The lowest BCUT2D eigenvalue weighted by molar-refractivity contribution is -0.159. The first-order chi connectivity index (χ1) is 13.0. The Kier molecular flexibility index (Phi) is 8.94. The molecule has 2 atom stereocenters. The van der Waals surface area contributed by atoms with Gasteiger partial charge in [-0.2, -0.15) is 0 Å². The Labute approximate surface area is 187 Å². The van der Waals surface area contributed by atoms with Crippen LogP contribution in [0, 0.1) is 11.8 Å². The van der Waals surface area contributed by atoms with Gasteiger partial charge in [-0.1, -0.05) is 34.8 Å². The van der Waals surface area contributed by atoms with Crippen LogP contribution in [0.2, 0.25) is 0 Å². The molecular formula is C19H30Cl3NO6. The van der Waals surface area contributed by atoms with Gasteiger partial charge in [0.25, 0.3) is 0 Å². The van der Waals surface area contributed by atoms with E-state index in [1.54, 1.807) is 41.5 Å². The molecule has 0 saturated carbocycles. The second-order valence-electron chi connectivity index (χ2n) is 9.18. The van der Waals surface area contributed by atoms with Crippen LogP contribution in [0.5, 0.6) is 0 Å². The Balaban J connectivity index is 2.82. The SMILES string of the molecule is CC(C)(C)OC(=O)C[C@@H]1CN(C(=O)OCC(Cl)(Cl)Cl)C[C@@H]1CC(=O)OC(C)(C)C. The second-order valence-corrected chi connectivity index (χ2v) is 11.7. The summed E-state index contributed by atoms with van der Waals surface area (Å²) >= 11 is 16.8. The Morgan fingerprint density at radius 3 is 1.52 bits per heavy atom. The summed E-state index contributed by atoms with van der Waals surface area (Å²) < 4.78 is 14.1. The van der Waals surface area contributed by atoms with E-state index < -0.39 is 39.6 Å². The summed E-state index contributed by atoms with van der Waals surface area (Å²) in [5.41, 5.74) is -1.25. The summed E-state index contributed by atoms with van der Waals surface area (Å²) in [6, 6.07) is 0. The van der Waals surface area contributed by atoms with Crippen molar-refractivity contribution in [3.8, 4) is 0 Å². The molecule has 0 unspecified atom stereocenters. The lowest BCUT2D eigenvalue weighted by atomic mass is 9.90. The molecule has 7 nitrogen and oxygen atoms in total. The topological polar surface area (TPSA) is 82.1 Å². The molecule has 1 amide bonds. The van der Waals surface area contributed by atoms with Crippen molar-refractivity contribution in [3.05, 3.63) is 0 Å². The van der Waals surface area contributed by atoms with Crippen LogP contribution >= 0.6 is 34.8 Å². The van der Waals surface area contributed by atoms with E-state index in [0.29, 0.717) is 0 Å². The number of rotatable bonds is 5. The molecule has 168 valence electrons. The van der Waals surface area contributed by atoms with Gasteiger partial charge in [-0.25, -0.2) is 4.79 Å². The number of likely N-dealkylation sites (tertiary alicyclic amines) is 1.